The molecular formula is C14H20F2N2O2. The van der Waals surface area contributed by atoms with Crippen LogP contribution in [0.4, 0.5) is 8.78 Å². The first-order valence-electron chi connectivity index (χ1n) is 6.58. The summed E-state index contributed by atoms with van der Waals surface area (Å²) in [5, 5.41) is 2.66. The number of ether oxygens (including phenoxy) is 1. The van der Waals surface area contributed by atoms with Crippen molar-refractivity contribution in [3.63, 3.8) is 0 Å². The van der Waals surface area contributed by atoms with Gasteiger partial charge in [-0.2, -0.15) is 8.78 Å². The first-order chi connectivity index (χ1) is 9.52. The maximum Gasteiger partial charge on any atom is 0.387 e. The van der Waals surface area contributed by atoms with E-state index in [0.29, 0.717) is 5.56 Å². The Morgan fingerprint density at radius 2 is 2.10 bits per heavy atom. The summed E-state index contributed by atoms with van der Waals surface area (Å²) in [6.45, 7) is -0.749. The SMILES string of the molecule is CCCC(N)CC(=O)NCc1ccccc1OC(F)F. The fourth-order valence-electron chi connectivity index (χ4n) is 1.84. The van der Waals surface area contributed by atoms with E-state index < -0.39 is 6.61 Å². The van der Waals surface area contributed by atoms with E-state index in [9.17, 15) is 13.6 Å². The van der Waals surface area contributed by atoms with Gasteiger partial charge in [-0.1, -0.05) is 31.5 Å². The van der Waals surface area contributed by atoms with E-state index in [1.165, 1.54) is 6.07 Å². The second kappa shape index (κ2) is 8.47. The molecule has 1 aromatic rings. The summed E-state index contributed by atoms with van der Waals surface area (Å²) in [5.74, 6) is -0.126. The maximum absolute atomic E-state index is 12.2. The Kier molecular flexibility index (Phi) is 6.93. The lowest BCUT2D eigenvalue weighted by atomic mass is 10.1. The van der Waals surface area contributed by atoms with Crippen LogP contribution >= 0.6 is 0 Å². The molecule has 4 nitrogen and oxygen atoms in total. The third kappa shape index (κ3) is 5.97. The lowest BCUT2D eigenvalue weighted by molar-refractivity contribution is -0.121. The van der Waals surface area contributed by atoms with Gasteiger partial charge < -0.3 is 15.8 Å². The van der Waals surface area contributed by atoms with Crippen LogP contribution in [-0.2, 0) is 11.3 Å². The zero-order chi connectivity index (χ0) is 15.0. The van der Waals surface area contributed by atoms with Crippen LogP contribution < -0.4 is 15.8 Å². The summed E-state index contributed by atoms with van der Waals surface area (Å²) in [5.41, 5.74) is 6.27. The lowest BCUT2D eigenvalue weighted by Crippen LogP contribution is -2.31. The van der Waals surface area contributed by atoms with E-state index in [1.807, 2.05) is 6.92 Å². The van der Waals surface area contributed by atoms with E-state index in [-0.39, 0.29) is 30.7 Å². The summed E-state index contributed by atoms with van der Waals surface area (Å²) in [4.78, 5) is 11.7. The largest absolute Gasteiger partial charge is 0.434 e. The molecule has 0 saturated heterocycles. The van der Waals surface area contributed by atoms with Crippen LogP contribution in [0.5, 0.6) is 5.75 Å². The van der Waals surface area contributed by atoms with Gasteiger partial charge in [-0.05, 0) is 12.5 Å². The predicted octanol–water partition coefficient (Wildman–Crippen LogP) is 2.42. The molecule has 0 saturated carbocycles. The number of alkyl halides is 2. The number of nitrogens with two attached hydrogens (primary N) is 1. The number of hydrogen-bond donors (Lipinski definition) is 2. The average Bonchev–Trinajstić information content (AvgIpc) is 2.37. The zero-order valence-electron chi connectivity index (χ0n) is 11.4. The molecule has 1 aromatic carbocycles. The van der Waals surface area contributed by atoms with Crippen LogP contribution in [0.3, 0.4) is 0 Å². The van der Waals surface area contributed by atoms with Gasteiger partial charge in [0.05, 0.1) is 0 Å². The minimum absolute atomic E-state index is 0.0701. The molecule has 0 aromatic heterocycles. The molecule has 0 aliphatic heterocycles. The van der Waals surface area contributed by atoms with Gasteiger partial charge >= 0.3 is 6.61 Å². The number of hydrogen-bond acceptors (Lipinski definition) is 3. The minimum Gasteiger partial charge on any atom is -0.434 e. The lowest BCUT2D eigenvalue weighted by Gasteiger charge is -2.13. The number of carbonyl (C=O) groups is 1. The van der Waals surface area contributed by atoms with E-state index in [1.54, 1.807) is 18.2 Å². The molecule has 0 heterocycles. The highest BCUT2D eigenvalue weighted by Crippen LogP contribution is 2.19. The Bertz CT molecular complexity index is 427. The molecule has 0 aliphatic carbocycles. The van der Waals surface area contributed by atoms with Crippen molar-refractivity contribution in [2.24, 2.45) is 5.73 Å². The zero-order valence-corrected chi connectivity index (χ0v) is 11.4. The first kappa shape index (κ1) is 16.4. The number of carbonyl (C=O) groups excluding carboxylic acids is 1. The number of para-hydroxylation sites is 1. The van der Waals surface area contributed by atoms with Crippen molar-refractivity contribution in [3.8, 4) is 5.75 Å². The van der Waals surface area contributed by atoms with Gasteiger partial charge in [-0.15, -0.1) is 0 Å². The van der Waals surface area contributed by atoms with Gasteiger partial charge in [0.15, 0.2) is 0 Å². The molecule has 6 heteroatoms. The molecule has 0 radical (unpaired) electrons. The van der Waals surface area contributed by atoms with Crippen molar-refractivity contribution >= 4 is 5.91 Å². The Labute approximate surface area is 117 Å². The minimum atomic E-state index is -2.88. The first-order valence-corrected chi connectivity index (χ1v) is 6.58. The standard InChI is InChI=1S/C14H20F2N2O2/c1-2-5-11(17)8-13(19)18-9-10-6-3-4-7-12(10)20-14(15)16/h3-4,6-7,11,14H,2,5,8-9,17H2,1H3,(H,18,19). The van der Waals surface area contributed by atoms with Gasteiger partial charge in [0.2, 0.25) is 5.91 Å². The fraction of sp³-hybridized carbons (Fsp3) is 0.500. The van der Waals surface area contributed by atoms with Crippen molar-refractivity contribution < 1.29 is 18.3 Å². The summed E-state index contributed by atoms with van der Waals surface area (Å²) >= 11 is 0. The van der Waals surface area contributed by atoms with Crippen LogP contribution in [0.2, 0.25) is 0 Å². The second-order valence-corrected chi connectivity index (χ2v) is 4.52. The highest BCUT2D eigenvalue weighted by molar-refractivity contribution is 5.76. The summed E-state index contributed by atoms with van der Waals surface area (Å²) < 4.78 is 28.8. The molecule has 1 amide bonds. The van der Waals surface area contributed by atoms with Crippen LogP contribution in [0, 0.1) is 0 Å². The number of rotatable bonds is 8. The molecular weight excluding hydrogens is 266 g/mol. The van der Waals surface area contributed by atoms with Gasteiger partial charge in [0.25, 0.3) is 0 Å². The van der Waals surface area contributed by atoms with Crippen molar-refractivity contribution in [2.75, 3.05) is 0 Å². The third-order valence-electron chi connectivity index (χ3n) is 2.77. The Hall–Kier alpha value is -1.69. The molecule has 1 unspecified atom stereocenters. The smallest absolute Gasteiger partial charge is 0.387 e. The van der Waals surface area contributed by atoms with Crippen molar-refractivity contribution in [2.45, 2.75) is 45.4 Å². The highest BCUT2D eigenvalue weighted by Gasteiger charge is 2.11. The Morgan fingerprint density at radius 1 is 1.40 bits per heavy atom. The summed E-state index contributed by atoms with van der Waals surface area (Å²) in [6.07, 6.45) is 1.92. The van der Waals surface area contributed by atoms with Crippen molar-refractivity contribution in [1.29, 1.82) is 0 Å². The molecule has 0 bridgehead atoms. The van der Waals surface area contributed by atoms with Crippen LogP contribution in [0.1, 0.15) is 31.7 Å². The summed E-state index contributed by atoms with van der Waals surface area (Å²) in [6, 6.07) is 6.19. The van der Waals surface area contributed by atoms with Gasteiger partial charge in [0, 0.05) is 24.6 Å². The number of benzene rings is 1. The molecule has 1 rings (SSSR count). The van der Waals surface area contributed by atoms with E-state index in [4.69, 9.17) is 5.73 Å². The van der Waals surface area contributed by atoms with Gasteiger partial charge in [-0.25, -0.2) is 0 Å². The molecule has 20 heavy (non-hydrogen) atoms. The molecule has 1 atom stereocenters. The molecule has 112 valence electrons. The van der Waals surface area contributed by atoms with Gasteiger partial charge in [-0.3, -0.25) is 4.79 Å². The fourth-order valence-corrected chi connectivity index (χ4v) is 1.84. The quantitative estimate of drug-likeness (QED) is 0.771. The van der Waals surface area contributed by atoms with Crippen LogP contribution in [-0.4, -0.2) is 18.6 Å². The normalized spacial score (nSPS) is 12.2. The van der Waals surface area contributed by atoms with Crippen LogP contribution in [0.25, 0.3) is 0 Å². The summed E-state index contributed by atoms with van der Waals surface area (Å²) in [7, 11) is 0. The van der Waals surface area contributed by atoms with E-state index >= 15 is 0 Å². The highest BCUT2D eigenvalue weighted by atomic mass is 19.3. The average molecular weight is 286 g/mol. The topological polar surface area (TPSA) is 64.4 Å². The molecule has 3 N–H and O–H groups in total. The second-order valence-electron chi connectivity index (χ2n) is 4.52. The monoisotopic (exact) mass is 286 g/mol. The van der Waals surface area contributed by atoms with Crippen molar-refractivity contribution in [3.05, 3.63) is 29.8 Å². The molecule has 0 fully saturated rings. The van der Waals surface area contributed by atoms with Crippen molar-refractivity contribution in [1.82, 2.24) is 5.32 Å². The predicted molar refractivity (Wildman–Crippen MR) is 72.4 cm³/mol. The molecule has 0 aliphatic rings. The molecule has 0 spiro atoms. The number of amides is 1. The third-order valence-corrected chi connectivity index (χ3v) is 2.77. The van der Waals surface area contributed by atoms with E-state index in [2.05, 4.69) is 10.1 Å². The number of nitrogens with one attached hydrogen (secondary N) is 1. The Morgan fingerprint density at radius 3 is 2.75 bits per heavy atom. The van der Waals surface area contributed by atoms with Gasteiger partial charge in [0.1, 0.15) is 5.75 Å². The number of halogens is 2. The maximum atomic E-state index is 12.2. The Balaban J connectivity index is 2.50. The van der Waals surface area contributed by atoms with Crippen LogP contribution in [0.15, 0.2) is 24.3 Å². The van der Waals surface area contributed by atoms with E-state index in [0.717, 1.165) is 12.8 Å².